The molecule has 0 fully saturated rings. The predicted molar refractivity (Wildman–Crippen MR) is 92.2 cm³/mol. The summed E-state index contributed by atoms with van der Waals surface area (Å²) in [6.45, 7) is 8.28. The van der Waals surface area contributed by atoms with E-state index >= 15 is 0 Å². The SMILES string of the molecule is C=C1N(C)c2ccccc2N1C(/C=C\C(=C/C)NC)=C/C. The van der Waals surface area contributed by atoms with Crippen molar-refractivity contribution >= 4 is 11.4 Å². The number of benzene rings is 1. The van der Waals surface area contributed by atoms with Crippen molar-refractivity contribution < 1.29 is 0 Å². The Hall–Kier alpha value is -2.42. The van der Waals surface area contributed by atoms with Gasteiger partial charge in [0.25, 0.3) is 0 Å². The Bertz CT molecular complexity index is 623. The second kappa shape index (κ2) is 6.35. The fourth-order valence-electron chi connectivity index (χ4n) is 2.45. The molecule has 1 aliphatic heterocycles. The molecule has 3 nitrogen and oxygen atoms in total. The Kier molecular flexibility index (Phi) is 4.53. The van der Waals surface area contributed by atoms with Crippen LogP contribution in [0.25, 0.3) is 0 Å². The van der Waals surface area contributed by atoms with Crippen LogP contribution in [0.4, 0.5) is 11.4 Å². The lowest BCUT2D eigenvalue weighted by Crippen LogP contribution is -2.23. The van der Waals surface area contributed by atoms with Gasteiger partial charge in [-0.15, -0.1) is 0 Å². The molecular weight excluding hydrogens is 258 g/mol. The summed E-state index contributed by atoms with van der Waals surface area (Å²) in [4.78, 5) is 4.29. The molecule has 0 radical (unpaired) electrons. The van der Waals surface area contributed by atoms with Crippen molar-refractivity contribution in [1.29, 1.82) is 0 Å². The smallest absolute Gasteiger partial charge is 0.110 e. The number of rotatable bonds is 4. The average Bonchev–Trinajstić information content (AvgIpc) is 2.77. The predicted octanol–water partition coefficient (Wildman–Crippen LogP) is 4.00. The highest BCUT2D eigenvalue weighted by molar-refractivity contribution is 5.84. The summed E-state index contributed by atoms with van der Waals surface area (Å²) in [6, 6.07) is 8.34. The van der Waals surface area contributed by atoms with Gasteiger partial charge in [0.15, 0.2) is 0 Å². The van der Waals surface area contributed by atoms with Gasteiger partial charge in [-0.3, -0.25) is 4.90 Å². The van der Waals surface area contributed by atoms with E-state index in [4.69, 9.17) is 0 Å². The zero-order chi connectivity index (χ0) is 15.4. The molecule has 1 aliphatic rings. The summed E-state index contributed by atoms with van der Waals surface area (Å²) in [7, 11) is 3.97. The molecule has 3 heteroatoms. The molecule has 0 aromatic heterocycles. The minimum Gasteiger partial charge on any atom is -0.388 e. The van der Waals surface area contributed by atoms with E-state index in [2.05, 4.69) is 64.2 Å². The molecule has 1 aromatic rings. The van der Waals surface area contributed by atoms with Crippen LogP contribution in [0.5, 0.6) is 0 Å². The zero-order valence-electron chi connectivity index (χ0n) is 13.2. The molecular formula is C18H23N3. The highest BCUT2D eigenvalue weighted by Crippen LogP contribution is 2.42. The van der Waals surface area contributed by atoms with Crippen LogP contribution in [-0.2, 0) is 0 Å². The fourth-order valence-corrected chi connectivity index (χ4v) is 2.45. The highest BCUT2D eigenvalue weighted by atomic mass is 15.4. The van der Waals surface area contributed by atoms with Crippen LogP contribution in [0, 0.1) is 0 Å². The lowest BCUT2D eigenvalue weighted by molar-refractivity contribution is 1.02. The van der Waals surface area contributed by atoms with Crippen molar-refractivity contribution in [2.75, 3.05) is 23.9 Å². The Morgan fingerprint density at radius 2 is 1.76 bits per heavy atom. The molecule has 0 atom stereocenters. The second-order valence-corrected chi connectivity index (χ2v) is 4.84. The maximum atomic E-state index is 4.21. The van der Waals surface area contributed by atoms with Crippen LogP contribution in [0.3, 0.4) is 0 Å². The Labute approximate surface area is 127 Å². The number of likely N-dealkylation sites (N-methyl/N-ethyl adjacent to an activating group) is 1. The van der Waals surface area contributed by atoms with E-state index < -0.39 is 0 Å². The Morgan fingerprint density at radius 3 is 2.33 bits per heavy atom. The van der Waals surface area contributed by atoms with Crippen LogP contribution >= 0.6 is 0 Å². The van der Waals surface area contributed by atoms with E-state index in [1.807, 2.05) is 34.0 Å². The van der Waals surface area contributed by atoms with Crippen molar-refractivity contribution in [3.63, 3.8) is 0 Å². The van der Waals surface area contributed by atoms with Crippen molar-refractivity contribution in [1.82, 2.24) is 5.32 Å². The van der Waals surface area contributed by atoms with Gasteiger partial charge in [-0.05, 0) is 38.1 Å². The summed E-state index contributed by atoms with van der Waals surface area (Å²) in [6.07, 6.45) is 8.32. The first kappa shape index (κ1) is 15.0. The van der Waals surface area contributed by atoms with E-state index in [1.165, 1.54) is 5.69 Å². The first-order valence-corrected chi connectivity index (χ1v) is 7.14. The molecule has 0 aliphatic carbocycles. The average molecular weight is 281 g/mol. The maximum absolute atomic E-state index is 4.21. The molecule has 1 aromatic carbocycles. The fraction of sp³-hybridized carbons (Fsp3) is 0.222. The molecule has 0 saturated heterocycles. The number of nitrogens with one attached hydrogen (secondary N) is 1. The first-order valence-electron chi connectivity index (χ1n) is 7.14. The number of hydrogen-bond acceptors (Lipinski definition) is 3. The number of allylic oxidation sites excluding steroid dienone is 4. The van der Waals surface area contributed by atoms with Gasteiger partial charge >= 0.3 is 0 Å². The van der Waals surface area contributed by atoms with Gasteiger partial charge in [-0.25, -0.2) is 0 Å². The normalized spacial score (nSPS) is 15.9. The van der Waals surface area contributed by atoms with E-state index in [-0.39, 0.29) is 0 Å². The van der Waals surface area contributed by atoms with Gasteiger partial charge in [-0.2, -0.15) is 0 Å². The van der Waals surface area contributed by atoms with Crippen LogP contribution in [-0.4, -0.2) is 14.1 Å². The lowest BCUT2D eigenvalue weighted by atomic mass is 10.2. The lowest BCUT2D eigenvalue weighted by Gasteiger charge is -2.22. The van der Waals surface area contributed by atoms with Crippen LogP contribution in [0.2, 0.25) is 0 Å². The third-order valence-electron chi connectivity index (χ3n) is 3.72. The minimum absolute atomic E-state index is 0.959. The van der Waals surface area contributed by atoms with E-state index in [0.29, 0.717) is 0 Å². The standard InChI is InChI=1S/C18H23N3/c1-6-15(19-4)12-13-16(7-2)21-14(3)20(5)17-10-8-9-11-18(17)21/h6-13,19H,3H2,1-2,4-5H3/b13-12-,15-6+,16-7+. The summed E-state index contributed by atoms with van der Waals surface area (Å²) in [5, 5.41) is 3.16. The van der Waals surface area contributed by atoms with Gasteiger partial charge in [0.2, 0.25) is 0 Å². The first-order chi connectivity index (χ1) is 10.1. The van der Waals surface area contributed by atoms with Gasteiger partial charge in [0.05, 0.1) is 11.4 Å². The quantitative estimate of drug-likeness (QED) is 0.842. The van der Waals surface area contributed by atoms with Crippen LogP contribution in [0.1, 0.15) is 13.8 Å². The molecule has 0 unspecified atom stereocenters. The molecule has 0 amide bonds. The largest absolute Gasteiger partial charge is 0.388 e. The molecule has 0 spiro atoms. The molecule has 0 saturated carbocycles. The molecule has 110 valence electrons. The van der Waals surface area contributed by atoms with Gasteiger partial charge in [0, 0.05) is 25.5 Å². The molecule has 21 heavy (non-hydrogen) atoms. The molecule has 0 bridgehead atoms. The van der Waals surface area contributed by atoms with Gasteiger partial charge < -0.3 is 10.2 Å². The number of hydrogen-bond donors (Lipinski definition) is 1. The van der Waals surface area contributed by atoms with Crippen molar-refractivity contribution in [3.8, 4) is 0 Å². The summed E-state index contributed by atoms with van der Waals surface area (Å²) in [5.74, 6) is 0.959. The summed E-state index contributed by atoms with van der Waals surface area (Å²) in [5.41, 5.74) is 4.52. The van der Waals surface area contributed by atoms with E-state index in [9.17, 15) is 0 Å². The monoisotopic (exact) mass is 281 g/mol. The van der Waals surface area contributed by atoms with Crippen molar-refractivity contribution in [2.45, 2.75) is 13.8 Å². The summed E-state index contributed by atoms with van der Waals surface area (Å²) < 4.78 is 0. The van der Waals surface area contributed by atoms with Gasteiger partial charge in [0.1, 0.15) is 5.82 Å². The third-order valence-corrected chi connectivity index (χ3v) is 3.72. The topological polar surface area (TPSA) is 18.5 Å². The second-order valence-electron chi connectivity index (χ2n) is 4.84. The molecule has 2 rings (SSSR count). The van der Waals surface area contributed by atoms with E-state index in [1.54, 1.807) is 0 Å². The number of fused-ring (bicyclic) bond motifs is 1. The zero-order valence-corrected chi connectivity index (χ0v) is 13.2. The maximum Gasteiger partial charge on any atom is 0.110 e. The third kappa shape index (κ3) is 2.72. The van der Waals surface area contributed by atoms with E-state index in [0.717, 1.165) is 22.9 Å². The number of nitrogens with zero attached hydrogens (tertiary/aromatic N) is 2. The number of anilines is 2. The molecule has 1 heterocycles. The highest BCUT2D eigenvalue weighted by Gasteiger charge is 2.28. The van der Waals surface area contributed by atoms with Gasteiger partial charge in [-0.1, -0.05) is 30.9 Å². The summed E-state index contributed by atoms with van der Waals surface area (Å²) >= 11 is 0. The van der Waals surface area contributed by atoms with Crippen molar-refractivity contribution in [2.24, 2.45) is 0 Å². The minimum atomic E-state index is 0.959. The number of para-hydroxylation sites is 2. The Balaban J connectivity index is 2.38. The molecule has 1 N–H and O–H groups in total. The Morgan fingerprint density at radius 1 is 1.10 bits per heavy atom. The van der Waals surface area contributed by atoms with Crippen molar-refractivity contribution in [3.05, 3.63) is 72.4 Å². The van der Waals surface area contributed by atoms with Crippen LogP contribution < -0.4 is 15.1 Å². The van der Waals surface area contributed by atoms with Crippen LogP contribution in [0.15, 0.2) is 72.4 Å².